The average molecular weight is 261 g/mol. The van der Waals surface area contributed by atoms with Crippen LogP contribution in [0.15, 0.2) is 11.1 Å². The Morgan fingerprint density at radius 3 is 2.88 bits per heavy atom. The molecule has 0 bridgehead atoms. The predicted molar refractivity (Wildman–Crippen MR) is 68.0 cm³/mol. The normalized spacial score (nSPS) is 10.7. The number of hydrogen-bond donors (Lipinski definition) is 0. The first-order valence-corrected chi connectivity index (χ1v) is 6.86. The van der Waals surface area contributed by atoms with E-state index in [0.29, 0.717) is 24.2 Å². The Labute approximate surface area is 106 Å². The summed E-state index contributed by atoms with van der Waals surface area (Å²) in [6.45, 7) is 5.21. The fraction of sp³-hybridized carbons (Fsp3) is 0.636. The van der Waals surface area contributed by atoms with Crippen molar-refractivity contribution in [3.8, 4) is 0 Å². The minimum atomic E-state index is 0.429. The van der Waals surface area contributed by atoms with Crippen LogP contribution >= 0.6 is 23.4 Å². The smallest absolute Gasteiger partial charge is 0.156 e. The van der Waals surface area contributed by atoms with Crippen molar-refractivity contribution >= 4 is 23.4 Å². The minimum Gasteiger partial charge on any atom is -0.374 e. The van der Waals surface area contributed by atoms with E-state index in [4.69, 9.17) is 16.3 Å². The Hall–Kier alpha value is -0.320. The van der Waals surface area contributed by atoms with Crippen LogP contribution in [0.3, 0.4) is 0 Å². The van der Waals surface area contributed by atoms with Gasteiger partial charge in [-0.05, 0) is 19.1 Å². The van der Waals surface area contributed by atoms with Crippen LogP contribution in [0.1, 0.15) is 32.5 Å². The van der Waals surface area contributed by atoms with Gasteiger partial charge >= 0.3 is 0 Å². The van der Waals surface area contributed by atoms with Crippen molar-refractivity contribution in [1.82, 2.24) is 9.97 Å². The molecule has 1 aromatic rings. The van der Waals surface area contributed by atoms with E-state index in [1.165, 1.54) is 12.8 Å². The molecule has 0 radical (unpaired) electrons. The average Bonchev–Trinajstić information content (AvgIpc) is 2.26. The van der Waals surface area contributed by atoms with Crippen LogP contribution < -0.4 is 0 Å². The van der Waals surface area contributed by atoms with Crippen LogP contribution in [0.4, 0.5) is 0 Å². The van der Waals surface area contributed by atoms with Gasteiger partial charge in [-0.15, -0.1) is 11.8 Å². The predicted octanol–water partition coefficient (Wildman–Crippen LogP) is 3.56. The number of nitrogens with zero attached hydrogens (tertiary/aromatic N) is 2. The quantitative estimate of drug-likeness (QED) is 0.427. The topological polar surface area (TPSA) is 35.0 Å². The van der Waals surface area contributed by atoms with Crippen molar-refractivity contribution in [1.29, 1.82) is 0 Å². The lowest BCUT2D eigenvalue weighted by molar-refractivity contribution is 0.128. The number of rotatable bonds is 7. The molecule has 16 heavy (non-hydrogen) atoms. The maximum atomic E-state index is 5.92. The Kier molecular flexibility index (Phi) is 6.76. The molecule has 0 unspecified atom stereocenters. The van der Waals surface area contributed by atoms with E-state index < -0.39 is 0 Å². The molecule has 0 aliphatic carbocycles. The van der Waals surface area contributed by atoms with Crippen molar-refractivity contribution < 1.29 is 4.74 Å². The zero-order chi connectivity index (χ0) is 11.8. The van der Waals surface area contributed by atoms with Gasteiger partial charge < -0.3 is 4.74 Å². The number of hydrogen-bond acceptors (Lipinski definition) is 4. The van der Waals surface area contributed by atoms with Gasteiger partial charge in [-0.3, -0.25) is 0 Å². The summed E-state index contributed by atoms with van der Waals surface area (Å²) in [5, 5.41) is 1.42. The van der Waals surface area contributed by atoms with Gasteiger partial charge in [0.25, 0.3) is 0 Å². The van der Waals surface area contributed by atoms with E-state index in [1.807, 2.05) is 6.92 Å². The lowest BCUT2D eigenvalue weighted by atomic mass is 10.4. The van der Waals surface area contributed by atoms with Gasteiger partial charge in [0.2, 0.25) is 0 Å². The molecule has 0 saturated carbocycles. The zero-order valence-electron chi connectivity index (χ0n) is 9.70. The molecule has 0 aliphatic heterocycles. The van der Waals surface area contributed by atoms with Crippen molar-refractivity contribution in [2.45, 2.75) is 38.3 Å². The second-order valence-corrected chi connectivity index (χ2v) is 4.79. The number of thioether (sulfide) groups is 1. The lowest BCUT2D eigenvalue weighted by Gasteiger charge is -2.04. The number of halogens is 1. The maximum absolute atomic E-state index is 5.92. The molecule has 0 spiro atoms. The second kappa shape index (κ2) is 7.87. The van der Waals surface area contributed by atoms with Crippen molar-refractivity contribution in [3.05, 3.63) is 17.0 Å². The number of ether oxygens (including phenoxy) is 1. The van der Waals surface area contributed by atoms with Gasteiger partial charge in [0.1, 0.15) is 16.8 Å². The summed E-state index contributed by atoms with van der Waals surface area (Å²) in [5.74, 6) is 1.73. The van der Waals surface area contributed by atoms with Gasteiger partial charge in [0.15, 0.2) is 5.82 Å². The SMILES string of the molecule is CCCCSc1cc(Cl)nc(COCC)n1. The third kappa shape index (κ3) is 5.14. The van der Waals surface area contributed by atoms with Crippen molar-refractivity contribution in [2.75, 3.05) is 12.4 Å². The molecule has 90 valence electrons. The fourth-order valence-corrected chi connectivity index (χ4v) is 2.37. The molecule has 1 rings (SSSR count). The Morgan fingerprint density at radius 2 is 2.19 bits per heavy atom. The summed E-state index contributed by atoms with van der Waals surface area (Å²) in [7, 11) is 0. The molecule has 3 nitrogen and oxygen atoms in total. The lowest BCUT2D eigenvalue weighted by Crippen LogP contribution is -2.00. The monoisotopic (exact) mass is 260 g/mol. The van der Waals surface area contributed by atoms with Crippen molar-refractivity contribution in [2.24, 2.45) is 0 Å². The molecule has 5 heteroatoms. The third-order valence-electron chi connectivity index (χ3n) is 1.90. The summed E-state index contributed by atoms with van der Waals surface area (Å²) >= 11 is 7.64. The molecule has 1 heterocycles. The minimum absolute atomic E-state index is 0.429. The van der Waals surface area contributed by atoms with Crippen molar-refractivity contribution in [3.63, 3.8) is 0 Å². The van der Waals surface area contributed by atoms with Gasteiger partial charge in [0, 0.05) is 12.7 Å². The first-order valence-electron chi connectivity index (χ1n) is 5.50. The largest absolute Gasteiger partial charge is 0.374 e. The van der Waals surface area contributed by atoms with E-state index in [1.54, 1.807) is 17.8 Å². The van der Waals surface area contributed by atoms with Crippen LogP contribution in [-0.2, 0) is 11.3 Å². The first-order chi connectivity index (χ1) is 7.76. The highest BCUT2D eigenvalue weighted by Gasteiger charge is 2.03. The summed E-state index contributed by atoms with van der Waals surface area (Å²) in [6, 6.07) is 1.80. The van der Waals surface area contributed by atoms with Crippen LogP contribution in [0.2, 0.25) is 5.15 Å². The summed E-state index contributed by atoms with van der Waals surface area (Å²) in [6.07, 6.45) is 2.38. The molecular weight excluding hydrogens is 244 g/mol. The van der Waals surface area contributed by atoms with E-state index >= 15 is 0 Å². The molecule has 1 aromatic heterocycles. The fourth-order valence-electron chi connectivity index (χ4n) is 1.09. The standard InChI is InChI=1S/C11H17ClN2OS/c1-3-5-6-16-11-7-9(12)13-10(14-11)8-15-4-2/h7H,3-6,8H2,1-2H3. The zero-order valence-corrected chi connectivity index (χ0v) is 11.3. The van der Waals surface area contributed by atoms with Gasteiger partial charge in [-0.25, -0.2) is 9.97 Å². The van der Waals surface area contributed by atoms with Gasteiger partial charge in [-0.1, -0.05) is 24.9 Å². The van der Waals surface area contributed by atoms with Gasteiger partial charge in [0.05, 0.1) is 0 Å². The van der Waals surface area contributed by atoms with Crippen LogP contribution in [-0.4, -0.2) is 22.3 Å². The molecule has 0 fully saturated rings. The highest BCUT2D eigenvalue weighted by molar-refractivity contribution is 7.99. The first kappa shape index (κ1) is 13.7. The second-order valence-electron chi connectivity index (χ2n) is 3.28. The molecule has 0 aromatic carbocycles. The molecule has 0 amide bonds. The van der Waals surface area contributed by atoms with Crippen LogP contribution in [0.5, 0.6) is 0 Å². The molecular formula is C11H17ClN2OS. The van der Waals surface area contributed by atoms with Crippen LogP contribution in [0.25, 0.3) is 0 Å². The Bertz CT molecular complexity index is 323. The summed E-state index contributed by atoms with van der Waals surface area (Å²) in [4.78, 5) is 8.50. The molecule has 0 aliphatic rings. The number of aromatic nitrogens is 2. The number of unbranched alkanes of at least 4 members (excludes halogenated alkanes) is 1. The van der Waals surface area contributed by atoms with E-state index in [-0.39, 0.29) is 0 Å². The van der Waals surface area contributed by atoms with E-state index in [0.717, 1.165) is 10.8 Å². The highest BCUT2D eigenvalue weighted by Crippen LogP contribution is 2.20. The van der Waals surface area contributed by atoms with E-state index in [2.05, 4.69) is 16.9 Å². The maximum Gasteiger partial charge on any atom is 0.156 e. The Morgan fingerprint density at radius 1 is 1.38 bits per heavy atom. The summed E-state index contributed by atoms with van der Waals surface area (Å²) < 4.78 is 5.26. The molecule has 0 atom stereocenters. The highest BCUT2D eigenvalue weighted by atomic mass is 35.5. The van der Waals surface area contributed by atoms with E-state index in [9.17, 15) is 0 Å². The molecule has 0 saturated heterocycles. The molecule has 0 N–H and O–H groups in total. The summed E-state index contributed by atoms with van der Waals surface area (Å²) in [5.41, 5.74) is 0. The third-order valence-corrected chi connectivity index (χ3v) is 3.09. The van der Waals surface area contributed by atoms with Crippen LogP contribution in [0, 0.1) is 0 Å². The Balaban J connectivity index is 2.58. The van der Waals surface area contributed by atoms with Gasteiger partial charge in [-0.2, -0.15) is 0 Å².